The molecule has 2 heterocycles. The van der Waals surface area contributed by atoms with Gasteiger partial charge in [0.15, 0.2) is 0 Å². The Labute approximate surface area is 107 Å². The third-order valence-corrected chi connectivity index (χ3v) is 3.45. The summed E-state index contributed by atoms with van der Waals surface area (Å²) >= 11 is 0. The molecule has 0 spiro atoms. The molecular formula is C14H18N4. The van der Waals surface area contributed by atoms with E-state index in [1.54, 1.807) is 0 Å². The lowest BCUT2D eigenvalue weighted by atomic mass is 10.1. The van der Waals surface area contributed by atoms with Crippen LogP contribution in [0.4, 0.5) is 11.5 Å². The van der Waals surface area contributed by atoms with Crippen LogP contribution in [0.2, 0.25) is 0 Å². The number of nitrogens with zero attached hydrogens (tertiary/aromatic N) is 2. The summed E-state index contributed by atoms with van der Waals surface area (Å²) in [6.07, 6.45) is 1.85. The van der Waals surface area contributed by atoms with E-state index in [4.69, 9.17) is 5.73 Å². The molecular weight excluding hydrogens is 224 g/mol. The highest BCUT2D eigenvalue weighted by Gasteiger charge is 2.15. The smallest absolute Gasteiger partial charge is 0.136 e. The number of nitrogens with one attached hydrogen (secondary N) is 1. The number of benzene rings is 1. The van der Waals surface area contributed by atoms with Gasteiger partial charge in [-0.25, -0.2) is 4.98 Å². The fourth-order valence-corrected chi connectivity index (χ4v) is 2.58. The van der Waals surface area contributed by atoms with Gasteiger partial charge < -0.3 is 16.0 Å². The molecule has 0 atom stereocenters. The van der Waals surface area contributed by atoms with E-state index in [1.807, 2.05) is 18.3 Å². The molecule has 0 aliphatic carbocycles. The predicted octanol–water partition coefficient (Wildman–Crippen LogP) is 1.54. The third-order valence-electron chi connectivity index (χ3n) is 3.45. The standard InChI is InChI=1S/C14H18N4/c1-10-8-12-11(13(15)9-10)2-3-17-14(12)18-6-4-16-5-7-18/h2-3,8-9,16H,4-7,15H2,1H3. The Morgan fingerprint density at radius 2 is 2.00 bits per heavy atom. The van der Waals surface area contributed by atoms with Crippen LogP contribution in [-0.2, 0) is 0 Å². The van der Waals surface area contributed by atoms with Crippen molar-refractivity contribution in [3.05, 3.63) is 30.0 Å². The molecule has 0 unspecified atom stereocenters. The highest BCUT2D eigenvalue weighted by molar-refractivity contribution is 6.00. The number of fused-ring (bicyclic) bond motifs is 1. The number of nitrogens with two attached hydrogens (primary N) is 1. The van der Waals surface area contributed by atoms with E-state index in [1.165, 1.54) is 5.56 Å². The van der Waals surface area contributed by atoms with E-state index in [-0.39, 0.29) is 0 Å². The van der Waals surface area contributed by atoms with E-state index < -0.39 is 0 Å². The number of pyridine rings is 1. The van der Waals surface area contributed by atoms with Crippen molar-refractivity contribution >= 4 is 22.3 Å². The summed E-state index contributed by atoms with van der Waals surface area (Å²) in [5, 5.41) is 5.63. The second-order valence-corrected chi connectivity index (χ2v) is 4.82. The molecule has 0 amide bonds. The molecule has 4 nitrogen and oxygen atoms in total. The van der Waals surface area contributed by atoms with Crippen LogP contribution < -0.4 is 16.0 Å². The van der Waals surface area contributed by atoms with Crippen molar-refractivity contribution in [2.75, 3.05) is 36.8 Å². The van der Waals surface area contributed by atoms with Crippen molar-refractivity contribution in [1.82, 2.24) is 10.3 Å². The molecule has 3 N–H and O–H groups in total. The molecule has 0 radical (unpaired) electrons. The average molecular weight is 242 g/mol. The minimum Gasteiger partial charge on any atom is -0.398 e. The fraction of sp³-hybridized carbons (Fsp3) is 0.357. The zero-order valence-electron chi connectivity index (χ0n) is 10.6. The summed E-state index contributed by atoms with van der Waals surface area (Å²) in [6, 6.07) is 6.19. The largest absolute Gasteiger partial charge is 0.398 e. The van der Waals surface area contributed by atoms with Gasteiger partial charge in [-0.2, -0.15) is 0 Å². The Morgan fingerprint density at radius 3 is 2.78 bits per heavy atom. The Morgan fingerprint density at radius 1 is 1.22 bits per heavy atom. The summed E-state index contributed by atoms with van der Waals surface area (Å²) in [5.74, 6) is 1.06. The van der Waals surface area contributed by atoms with Gasteiger partial charge in [0.2, 0.25) is 0 Å². The van der Waals surface area contributed by atoms with E-state index >= 15 is 0 Å². The number of aromatic nitrogens is 1. The number of piperazine rings is 1. The van der Waals surface area contributed by atoms with Gasteiger partial charge in [-0.3, -0.25) is 0 Å². The normalized spacial score (nSPS) is 16.2. The summed E-state index contributed by atoms with van der Waals surface area (Å²) in [7, 11) is 0. The van der Waals surface area contributed by atoms with Gasteiger partial charge >= 0.3 is 0 Å². The van der Waals surface area contributed by atoms with Crippen molar-refractivity contribution in [2.45, 2.75) is 6.92 Å². The fourth-order valence-electron chi connectivity index (χ4n) is 2.58. The van der Waals surface area contributed by atoms with Gasteiger partial charge in [-0.15, -0.1) is 0 Å². The Bertz CT molecular complexity index is 573. The first-order chi connectivity index (χ1) is 8.75. The summed E-state index contributed by atoms with van der Waals surface area (Å²) < 4.78 is 0. The third kappa shape index (κ3) is 1.88. The Hall–Kier alpha value is -1.81. The van der Waals surface area contributed by atoms with Crippen molar-refractivity contribution < 1.29 is 0 Å². The van der Waals surface area contributed by atoms with Crippen molar-refractivity contribution in [3.8, 4) is 0 Å². The monoisotopic (exact) mass is 242 g/mol. The first-order valence-electron chi connectivity index (χ1n) is 6.36. The van der Waals surface area contributed by atoms with E-state index in [9.17, 15) is 0 Å². The van der Waals surface area contributed by atoms with Crippen LogP contribution in [0.15, 0.2) is 24.4 Å². The first-order valence-corrected chi connectivity index (χ1v) is 6.36. The Balaban J connectivity index is 2.16. The molecule has 4 heteroatoms. The zero-order valence-corrected chi connectivity index (χ0v) is 10.6. The van der Waals surface area contributed by atoms with Crippen molar-refractivity contribution in [3.63, 3.8) is 0 Å². The molecule has 1 fully saturated rings. The maximum absolute atomic E-state index is 6.10. The number of aryl methyl sites for hydroxylation is 1. The summed E-state index contributed by atoms with van der Waals surface area (Å²) in [5.41, 5.74) is 8.12. The molecule has 1 aromatic heterocycles. The number of rotatable bonds is 1. The second kappa shape index (κ2) is 4.46. The molecule has 1 saturated heterocycles. The molecule has 94 valence electrons. The van der Waals surface area contributed by atoms with Crippen molar-refractivity contribution in [2.24, 2.45) is 0 Å². The van der Waals surface area contributed by atoms with Gasteiger partial charge in [0.05, 0.1) is 0 Å². The predicted molar refractivity (Wildman–Crippen MR) is 76.0 cm³/mol. The molecule has 18 heavy (non-hydrogen) atoms. The van der Waals surface area contributed by atoms with Gasteiger partial charge in [0.1, 0.15) is 5.82 Å². The van der Waals surface area contributed by atoms with E-state index in [0.29, 0.717) is 0 Å². The minimum absolute atomic E-state index is 0.837. The number of hydrogen-bond donors (Lipinski definition) is 2. The SMILES string of the molecule is Cc1cc(N)c2ccnc(N3CCNCC3)c2c1. The van der Waals surface area contributed by atoms with Crippen molar-refractivity contribution in [1.29, 1.82) is 0 Å². The van der Waals surface area contributed by atoms with Crippen LogP contribution in [0, 0.1) is 6.92 Å². The van der Waals surface area contributed by atoms with Gasteiger partial charge in [0, 0.05) is 48.8 Å². The molecule has 0 bridgehead atoms. The van der Waals surface area contributed by atoms with Crippen LogP contribution in [0.3, 0.4) is 0 Å². The lowest BCUT2D eigenvalue weighted by Crippen LogP contribution is -2.43. The van der Waals surface area contributed by atoms with Gasteiger partial charge in [-0.1, -0.05) is 0 Å². The van der Waals surface area contributed by atoms with Crippen LogP contribution >= 0.6 is 0 Å². The summed E-state index contributed by atoms with van der Waals surface area (Å²) in [6.45, 7) is 6.10. The molecule has 1 aromatic carbocycles. The lowest BCUT2D eigenvalue weighted by Gasteiger charge is -2.29. The topological polar surface area (TPSA) is 54.2 Å². The molecule has 3 rings (SSSR count). The maximum atomic E-state index is 6.10. The van der Waals surface area contributed by atoms with Crippen LogP contribution in [0.1, 0.15) is 5.56 Å². The first kappa shape index (κ1) is 11.3. The molecule has 0 saturated carbocycles. The molecule has 1 aliphatic rings. The number of anilines is 2. The maximum Gasteiger partial charge on any atom is 0.136 e. The highest BCUT2D eigenvalue weighted by Crippen LogP contribution is 2.29. The minimum atomic E-state index is 0.837. The molecule has 2 aromatic rings. The van der Waals surface area contributed by atoms with Gasteiger partial charge in [0.25, 0.3) is 0 Å². The van der Waals surface area contributed by atoms with E-state index in [0.717, 1.165) is 48.5 Å². The van der Waals surface area contributed by atoms with Gasteiger partial charge in [-0.05, 0) is 30.7 Å². The summed E-state index contributed by atoms with van der Waals surface area (Å²) in [4.78, 5) is 6.89. The van der Waals surface area contributed by atoms with E-state index in [2.05, 4.69) is 28.2 Å². The Kier molecular flexibility index (Phi) is 2.80. The number of nitrogen functional groups attached to an aromatic ring is 1. The molecule has 1 aliphatic heterocycles. The number of hydrogen-bond acceptors (Lipinski definition) is 4. The highest BCUT2D eigenvalue weighted by atomic mass is 15.2. The van der Waals surface area contributed by atoms with Crippen LogP contribution in [-0.4, -0.2) is 31.2 Å². The quantitative estimate of drug-likeness (QED) is 0.745. The van der Waals surface area contributed by atoms with Crippen LogP contribution in [0.25, 0.3) is 10.8 Å². The zero-order chi connectivity index (χ0) is 12.5. The lowest BCUT2D eigenvalue weighted by molar-refractivity contribution is 0.586. The second-order valence-electron chi connectivity index (χ2n) is 4.82. The van der Waals surface area contributed by atoms with Crippen LogP contribution in [0.5, 0.6) is 0 Å². The average Bonchev–Trinajstić information content (AvgIpc) is 2.39.